The number of hydrazone groups is 1. The smallest absolute Gasteiger partial charge is 0.290 e. The first-order valence-corrected chi connectivity index (χ1v) is 7.61. The summed E-state index contributed by atoms with van der Waals surface area (Å²) in [5, 5.41) is 4.04. The van der Waals surface area contributed by atoms with E-state index in [0.29, 0.717) is 11.4 Å². The number of fused-ring (bicyclic) bond motifs is 1. The number of hydrogen-bond acceptors (Lipinski definition) is 4. The summed E-state index contributed by atoms with van der Waals surface area (Å²) in [7, 11) is 3.98. The molecule has 0 aliphatic carbocycles. The van der Waals surface area contributed by atoms with Crippen LogP contribution >= 0.6 is 0 Å². The van der Waals surface area contributed by atoms with Gasteiger partial charge < -0.3 is 4.90 Å². The fraction of sp³-hybridized carbons (Fsp3) is 0.167. The van der Waals surface area contributed by atoms with Gasteiger partial charge in [0.05, 0.1) is 11.9 Å². The van der Waals surface area contributed by atoms with Gasteiger partial charge in [-0.15, -0.1) is 0 Å². The fourth-order valence-corrected chi connectivity index (χ4v) is 2.46. The molecule has 2 aromatic heterocycles. The molecule has 0 spiro atoms. The van der Waals surface area contributed by atoms with Gasteiger partial charge in [-0.2, -0.15) is 5.10 Å². The molecule has 0 aliphatic heterocycles. The van der Waals surface area contributed by atoms with Crippen molar-refractivity contribution in [1.29, 1.82) is 0 Å². The second-order valence-electron chi connectivity index (χ2n) is 5.66. The third-order valence-corrected chi connectivity index (χ3v) is 3.71. The summed E-state index contributed by atoms with van der Waals surface area (Å²) >= 11 is 0. The van der Waals surface area contributed by atoms with Crippen molar-refractivity contribution in [1.82, 2.24) is 14.8 Å². The van der Waals surface area contributed by atoms with Gasteiger partial charge in [0.15, 0.2) is 0 Å². The highest BCUT2D eigenvalue weighted by Crippen LogP contribution is 2.12. The van der Waals surface area contributed by atoms with Gasteiger partial charge in [0, 0.05) is 26.0 Å². The lowest BCUT2D eigenvalue weighted by atomic mass is 10.2. The van der Waals surface area contributed by atoms with E-state index in [2.05, 4.69) is 15.5 Å². The lowest BCUT2D eigenvalue weighted by molar-refractivity contribution is 0.0948. The van der Waals surface area contributed by atoms with Crippen molar-refractivity contribution in [3.63, 3.8) is 0 Å². The number of benzene rings is 1. The molecule has 0 saturated heterocycles. The van der Waals surface area contributed by atoms with E-state index in [4.69, 9.17) is 0 Å². The summed E-state index contributed by atoms with van der Waals surface area (Å²) in [5.41, 5.74) is 6.49. The number of carbonyl (C=O) groups excluding carboxylic acids is 1. The van der Waals surface area contributed by atoms with Crippen molar-refractivity contribution >= 4 is 23.5 Å². The maximum atomic E-state index is 12.4. The third-order valence-electron chi connectivity index (χ3n) is 3.71. The minimum absolute atomic E-state index is 0.285. The van der Waals surface area contributed by atoms with Crippen LogP contribution in [0.1, 0.15) is 21.7 Å². The molecule has 1 amide bonds. The van der Waals surface area contributed by atoms with E-state index >= 15 is 0 Å². The van der Waals surface area contributed by atoms with E-state index in [1.807, 2.05) is 74.6 Å². The topological polar surface area (TPSA) is 62.0 Å². The number of carbonyl (C=O) groups is 1. The number of aryl methyl sites for hydroxylation is 1. The van der Waals surface area contributed by atoms with Gasteiger partial charge in [-0.1, -0.05) is 18.2 Å². The van der Waals surface area contributed by atoms with Crippen LogP contribution in [-0.4, -0.2) is 35.6 Å². The molecule has 0 fully saturated rings. The lowest BCUT2D eigenvalue weighted by Crippen LogP contribution is -2.20. The lowest BCUT2D eigenvalue weighted by Gasteiger charge is -2.11. The van der Waals surface area contributed by atoms with Crippen LogP contribution in [-0.2, 0) is 0 Å². The highest BCUT2D eigenvalue weighted by atomic mass is 16.2. The SMILES string of the molecule is Cc1nc2ccccn2c1C(=O)N/N=C/c1ccc(N(C)C)cc1. The molecule has 3 aromatic rings. The van der Waals surface area contributed by atoms with Crippen molar-refractivity contribution < 1.29 is 4.79 Å². The summed E-state index contributed by atoms with van der Waals surface area (Å²) in [6, 6.07) is 13.5. The van der Waals surface area contributed by atoms with E-state index in [0.717, 1.165) is 16.9 Å². The van der Waals surface area contributed by atoms with Crippen molar-refractivity contribution in [3.8, 4) is 0 Å². The van der Waals surface area contributed by atoms with Crippen molar-refractivity contribution in [3.05, 3.63) is 65.6 Å². The van der Waals surface area contributed by atoms with Crippen LogP contribution in [0.2, 0.25) is 0 Å². The molecule has 0 radical (unpaired) electrons. The average Bonchev–Trinajstić information content (AvgIpc) is 2.91. The number of anilines is 1. The van der Waals surface area contributed by atoms with Gasteiger partial charge in [0.2, 0.25) is 0 Å². The molecule has 0 bridgehead atoms. The molecule has 122 valence electrons. The minimum atomic E-state index is -0.285. The molecule has 0 aliphatic rings. The number of nitrogens with zero attached hydrogens (tertiary/aromatic N) is 4. The van der Waals surface area contributed by atoms with E-state index in [9.17, 15) is 4.79 Å². The molecular formula is C18H19N5O. The Morgan fingerprint density at radius 1 is 1.21 bits per heavy atom. The van der Waals surface area contributed by atoms with Gasteiger partial charge in [-0.05, 0) is 36.8 Å². The second kappa shape index (κ2) is 6.54. The molecule has 0 saturated carbocycles. The predicted octanol–water partition coefficient (Wildman–Crippen LogP) is 2.47. The maximum Gasteiger partial charge on any atom is 0.290 e. The van der Waals surface area contributed by atoms with Crippen LogP contribution in [0.3, 0.4) is 0 Å². The Labute approximate surface area is 140 Å². The Kier molecular flexibility index (Phi) is 4.29. The molecular weight excluding hydrogens is 302 g/mol. The van der Waals surface area contributed by atoms with E-state index < -0.39 is 0 Å². The van der Waals surface area contributed by atoms with Crippen molar-refractivity contribution in [2.24, 2.45) is 5.10 Å². The molecule has 6 heteroatoms. The number of nitrogens with one attached hydrogen (secondary N) is 1. The first-order chi connectivity index (χ1) is 11.6. The molecule has 1 aromatic carbocycles. The highest BCUT2D eigenvalue weighted by Gasteiger charge is 2.15. The first kappa shape index (κ1) is 15.7. The van der Waals surface area contributed by atoms with E-state index in [1.54, 1.807) is 10.6 Å². The molecule has 0 atom stereocenters. The Bertz CT molecular complexity index is 893. The zero-order valence-electron chi connectivity index (χ0n) is 13.9. The molecule has 0 unspecified atom stereocenters. The molecule has 1 N–H and O–H groups in total. The van der Waals surface area contributed by atoms with E-state index in [-0.39, 0.29) is 5.91 Å². The average molecular weight is 321 g/mol. The number of hydrogen-bond donors (Lipinski definition) is 1. The van der Waals surface area contributed by atoms with Crippen LogP contribution < -0.4 is 10.3 Å². The van der Waals surface area contributed by atoms with Crippen molar-refractivity contribution in [2.45, 2.75) is 6.92 Å². The number of amides is 1. The Balaban J connectivity index is 1.74. The molecule has 3 rings (SSSR count). The normalized spacial score (nSPS) is 11.1. The zero-order chi connectivity index (χ0) is 17.1. The summed E-state index contributed by atoms with van der Waals surface area (Å²) in [6.45, 7) is 1.81. The van der Waals surface area contributed by atoms with Crippen molar-refractivity contribution in [2.75, 3.05) is 19.0 Å². The third kappa shape index (κ3) is 3.12. The predicted molar refractivity (Wildman–Crippen MR) is 95.8 cm³/mol. The van der Waals surface area contributed by atoms with Gasteiger partial charge in [-0.3, -0.25) is 9.20 Å². The van der Waals surface area contributed by atoms with Crippen LogP contribution in [0.4, 0.5) is 5.69 Å². The summed E-state index contributed by atoms with van der Waals surface area (Å²) in [4.78, 5) is 18.8. The Morgan fingerprint density at radius 3 is 2.67 bits per heavy atom. The van der Waals surface area contributed by atoms with Gasteiger partial charge in [-0.25, -0.2) is 10.4 Å². The summed E-state index contributed by atoms with van der Waals surface area (Å²) < 4.78 is 1.76. The monoisotopic (exact) mass is 321 g/mol. The Morgan fingerprint density at radius 2 is 1.96 bits per heavy atom. The largest absolute Gasteiger partial charge is 0.378 e. The highest BCUT2D eigenvalue weighted by molar-refractivity contribution is 5.95. The Hall–Kier alpha value is -3.15. The molecule has 2 heterocycles. The zero-order valence-corrected chi connectivity index (χ0v) is 13.9. The van der Waals surface area contributed by atoms with Crippen LogP contribution in [0, 0.1) is 6.92 Å². The van der Waals surface area contributed by atoms with Crippen LogP contribution in [0.15, 0.2) is 53.8 Å². The quantitative estimate of drug-likeness (QED) is 0.593. The number of rotatable bonds is 4. The minimum Gasteiger partial charge on any atom is -0.378 e. The van der Waals surface area contributed by atoms with Gasteiger partial charge in [0.25, 0.3) is 5.91 Å². The summed E-state index contributed by atoms with van der Waals surface area (Å²) in [5.74, 6) is -0.285. The molecule has 6 nitrogen and oxygen atoms in total. The number of aromatic nitrogens is 2. The number of pyridine rings is 1. The van der Waals surface area contributed by atoms with Gasteiger partial charge in [0.1, 0.15) is 11.3 Å². The van der Waals surface area contributed by atoms with Crippen LogP contribution in [0.25, 0.3) is 5.65 Å². The second-order valence-corrected chi connectivity index (χ2v) is 5.66. The van der Waals surface area contributed by atoms with Crippen LogP contribution in [0.5, 0.6) is 0 Å². The van der Waals surface area contributed by atoms with E-state index in [1.165, 1.54) is 0 Å². The molecule has 24 heavy (non-hydrogen) atoms. The first-order valence-electron chi connectivity index (χ1n) is 7.61. The number of imidazole rings is 1. The maximum absolute atomic E-state index is 12.4. The standard InChI is InChI=1S/C18H19N5O/c1-13-17(23-11-5-4-6-16(23)20-13)18(24)21-19-12-14-7-9-15(10-8-14)22(2)3/h4-12H,1-3H3,(H,21,24)/b19-12+. The fourth-order valence-electron chi connectivity index (χ4n) is 2.46. The summed E-state index contributed by atoms with van der Waals surface area (Å²) in [6.07, 6.45) is 3.43. The van der Waals surface area contributed by atoms with Gasteiger partial charge >= 0.3 is 0 Å².